The molecular weight excluding hydrogens is 447 g/mol. The molecule has 1 aromatic heterocycles. The van der Waals surface area contributed by atoms with Gasteiger partial charge < -0.3 is 10.1 Å². The average molecular weight is 471 g/mol. The maximum atomic E-state index is 13.2. The van der Waals surface area contributed by atoms with E-state index < -0.39 is 29.3 Å². The minimum Gasteiger partial charge on any atom is -0.444 e. The Bertz CT molecular complexity index is 1200. The molecular formula is C25H24F3N3O3. The summed E-state index contributed by atoms with van der Waals surface area (Å²) >= 11 is 0. The summed E-state index contributed by atoms with van der Waals surface area (Å²) in [7, 11) is 0. The number of carbonyl (C=O) groups excluding carboxylic acids is 2. The Hall–Kier alpha value is -3.88. The SMILES string of the molecule is Cc1ccc(NC(=O)c2cccnc2-c2ccc(NC(=O)OC(C)(C)C)cc2)cc1C(F)(F)F. The molecule has 178 valence electrons. The van der Waals surface area contributed by atoms with Crippen molar-refractivity contribution in [2.75, 3.05) is 10.6 Å². The fourth-order valence-corrected chi connectivity index (χ4v) is 3.16. The van der Waals surface area contributed by atoms with Crippen molar-refractivity contribution in [3.8, 4) is 11.3 Å². The smallest absolute Gasteiger partial charge is 0.416 e. The number of alkyl halides is 3. The number of amides is 2. The number of hydrogen-bond acceptors (Lipinski definition) is 4. The second-order valence-corrected chi connectivity index (χ2v) is 8.59. The standard InChI is InChI=1S/C25H24F3N3O3/c1-15-7-10-18(14-20(15)25(26,27)28)30-22(32)19-6-5-13-29-21(19)16-8-11-17(12-9-16)31-23(33)34-24(2,3)4/h5-14H,1-4H3,(H,30,32)(H,31,33). The van der Waals surface area contributed by atoms with Crippen LogP contribution >= 0.6 is 0 Å². The van der Waals surface area contributed by atoms with Crippen molar-refractivity contribution in [3.63, 3.8) is 0 Å². The Labute approximate surface area is 195 Å². The number of halogens is 3. The van der Waals surface area contributed by atoms with Gasteiger partial charge in [-0.05, 0) is 69.7 Å². The summed E-state index contributed by atoms with van der Waals surface area (Å²) in [4.78, 5) is 29.1. The zero-order valence-corrected chi connectivity index (χ0v) is 19.1. The number of anilines is 2. The van der Waals surface area contributed by atoms with Crippen LogP contribution < -0.4 is 10.6 Å². The van der Waals surface area contributed by atoms with Gasteiger partial charge in [-0.1, -0.05) is 18.2 Å². The van der Waals surface area contributed by atoms with E-state index in [4.69, 9.17) is 4.74 Å². The predicted octanol–water partition coefficient (Wildman–Crippen LogP) is 6.68. The van der Waals surface area contributed by atoms with Crippen molar-refractivity contribution < 1.29 is 27.5 Å². The van der Waals surface area contributed by atoms with E-state index in [0.29, 0.717) is 16.9 Å². The summed E-state index contributed by atoms with van der Waals surface area (Å²) in [5, 5.41) is 5.13. The third kappa shape index (κ3) is 6.34. The molecule has 0 spiro atoms. The third-order valence-electron chi connectivity index (χ3n) is 4.66. The van der Waals surface area contributed by atoms with Gasteiger partial charge in [0.2, 0.25) is 0 Å². The normalized spacial score (nSPS) is 11.6. The number of hydrogen-bond donors (Lipinski definition) is 2. The van der Waals surface area contributed by atoms with Crippen molar-refractivity contribution in [2.24, 2.45) is 0 Å². The molecule has 1 heterocycles. The summed E-state index contributed by atoms with van der Waals surface area (Å²) < 4.78 is 44.8. The average Bonchev–Trinajstić information content (AvgIpc) is 2.73. The highest BCUT2D eigenvalue weighted by atomic mass is 19.4. The lowest BCUT2D eigenvalue weighted by molar-refractivity contribution is -0.138. The van der Waals surface area contributed by atoms with Crippen molar-refractivity contribution in [1.82, 2.24) is 4.98 Å². The van der Waals surface area contributed by atoms with Crippen LogP contribution in [0.3, 0.4) is 0 Å². The number of aromatic nitrogens is 1. The summed E-state index contributed by atoms with van der Waals surface area (Å²) in [6, 6.07) is 13.3. The molecule has 6 nitrogen and oxygen atoms in total. The zero-order chi connectivity index (χ0) is 25.1. The third-order valence-corrected chi connectivity index (χ3v) is 4.66. The molecule has 0 saturated heterocycles. The second kappa shape index (κ2) is 9.54. The first-order chi connectivity index (χ1) is 15.8. The van der Waals surface area contributed by atoms with Crippen LogP contribution in [-0.2, 0) is 10.9 Å². The Morgan fingerprint density at radius 1 is 0.912 bits per heavy atom. The molecule has 3 aromatic rings. The molecule has 0 radical (unpaired) electrons. The number of aryl methyl sites for hydroxylation is 1. The highest BCUT2D eigenvalue weighted by Gasteiger charge is 2.32. The van der Waals surface area contributed by atoms with Crippen LogP contribution in [0.25, 0.3) is 11.3 Å². The molecule has 2 aromatic carbocycles. The van der Waals surface area contributed by atoms with Crippen molar-refractivity contribution in [3.05, 3.63) is 77.5 Å². The molecule has 0 aliphatic carbocycles. The Kier molecular flexibility index (Phi) is 6.95. The maximum absolute atomic E-state index is 13.2. The molecule has 0 aliphatic rings. The molecule has 3 rings (SSSR count). The zero-order valence-electron chi connectivity index (χ0n) is 19.1. The quantitative estimate of drug-likeness (QED) is 0.445. The summed E-state index contributed by atoms with van der Waals surface area (Å²) in [6.07, 6.45) is -3.62. The van der Waals surface area contributed by atoms with E-state index in [1.54, 1.807) is 51.1 Å². The number of ether oxygens (including phenoxy) is 1. The van der Waals surface area contributed by atoms with Crippen LogP contribution in [-0.4, -0.2) is 22.6 Å². The fourth-order valence-electron chi connectivity index (χ4n) is 3.16. The first-order valence-corrected chi connectivity index (χ1v) is 10.4. The fraction of sp³-hybridized carbons (Fsp3) is 0.240. The number of carbonyl (C=O) groups is 2. The summed E-state index contributed by atoms with van der Waals surface area (Å²) in [6.45, 7) is 6.62. The van der Waals surface area contributed by atoms with Gasteiger partial charge in [0.25, 0.3) is 5.91 Å². The molecule has 2 amide bonds. The number of nitrogens with zero attached hydrogens (tertiary/aromatic N) is 1. The van der Waals surface area contributed by atoms with Crippen LogP contribution in [0, 0.1) is 6.92 Å². The Morgan fingerprint density at radius 3 is 2.18 bits per heavy atom. The Morgan fingerprint density at radius 2 is 1.56 bits per heavy atom. The first-order valence-electron chi connectivity index (χ1n) is 10.4. The molecule has 0 bridgehead atoms. The van der Waals surface area contributed by atoms with Gasteiger partial charge in [-0.3, -0.25) is 15.1 Å². The van der Waals surface area contributed by atoms with Crippen LogP contribution in [0.15, 0.2) is 60.8 Å². The molecule has 0 atom stereocenters. The lowest BCUT2D eigenvalue weighted by Crippen LogP contribution is -2.27. The van der Waals surface area contributed by atoms with E-state index in [9.17, 15) is 22.8 Å². The van der Waals surface area contributed by atoms with E-state index in [1.807, 2.05) is 0 Å². The van der Waals surface area contributed by atoms with Gasteiger partial charge in [-0.2, -0.15) is 13.2 Å². The summed E-state index contributed by atoms with van der Waals surface area (Å²) in [5.41, 5.74) is 0.224. The number of nitrogens with one attached hydrogen (secondary N) is 2. The molecule has 0 unspecified atom stereocenters. The van der Waals surface area contributed by atoms with Crippen LogP contribution in [0.1, 0.15) is 42.3 Å². The van der Waals surface area contributed by atoms with Gasteiger partial charge in [-0.25, -0.2) is 4.79 Å². The van der Waals surface area contributed by atoms with E-state index in [0.717, 1.165) is 6.07 Å². The molecule has 2 N–H and O–H groups in total. The molecule has 0 saturated carbocycles. The van der Waals surface area contributed by atoms with E-state index >= 15 is 0 Å². The van der Waals surface area contributed by atoms with Gasteiger partial charge in [0.15, 0.2) is 0 Å². The molecule has 34 heavy (non-hydrogen) atoms. The molecule has 0 aliphatic heterocycles. The van der Waals surface area contributed by atoms with Gasteiger partial charge >= 0.3 is 12.3 Å². The largest absolute Gasteiger partial charge is 0.444 e. The van der Waals surface area contributed by atoms with Crippen LogP contribution in [0.2, 0.25) is 0 Å². The molecule has 9 heteroatoms. The van der Waals surface area contributed by atoms with Gasteiger partial charge in [-0.15, -0.1) is 0 Å². The van der Waals surface area contributed by atoms with E-state index in [1.165, 1.54) is 31.3 Å². The Balaban J connectivity index is 1.81. The van der Waals surface area contributed by atoms with Crippen LogP contribution in [0.5, 0.6) is 0 Å². The van der Waals surface area contributed by atoms with Crippen molar-refractivity contribution >= 4 is 23.4 Å². The van der Waals surface area contributed by atoms with E-state index in [2.05, 4.69) is 15.6 Å². The second-order valence-electron chi connectivity index (χ2n) is 8.59. The molecule has 0 fully saturated rings. The van der Waals surface area contributed by atoms with Crippen molar-refractivity contribution in [2.45, 2.75) is 39.5 Å². The van der Waals surface area contributed by atoms with E-state index in [-0.39, 0.29) is 16.8 Å². The van der Waals surface area contributed by atoms with Crippen LogP contribution in [0.4, 0.5) is 29.3 Å². The predicted molar refractivity (Wildman–Crippen MR) is 124 cm³/mol. The maximum Gasteiger partial charge on any atom is 0.416 e. The highest BCUT2D eigenvalue weighted by Crippen LogP contribution is 2.33. The van der Waals surface area contributed by atoms with Gasteiger partial charge in [0, 0.05) is 23.1 Å². The van der Waals surface area contributed by atoms with Gasteiger partial charge in [0.1, 0.15) is 5.60 Å². The minimum atomic E-state index is -4.53. The van der Waals surface area contributed by atoms with Gasteiger partial charge in [0.05, 0.1) is 16.8 Å². The lowest BCUT2D eigenvalue weighted by Gasteiger charge is -2.19. The first kappa shape index (κ1) is 24.8. The highest BCUT2D eigenvalue weighted by molar-refractivity contribution is 6.08. The minimum absolute atomic E-state index is 0.0228. The number of rotatable bonds is 4. The lowest BCUT2D eigenvalue weighted by atomic mass is 10.0. The topological polar surface area (TPSA) is 80.3 Å². The number of pyridine rings is 1. The summed E-state index contributed by atoms with van der Waals surface area (Å²) in [5.74, 6) is -0.601. The number of benzene rings is 2. The monoisotopic (exact) mass is 471 g/mol. The van der Waals surface area contributed by atoms with Crippen molar-refractivity contribution in [1.29, 1.82) is 0 Å².